The molecular weight excluding hydrogens is 332 g/mol. The quantitative estimate of drug-likeness (QED) is 0.676. The first-order chi connectivity index (χ1) is 12.6. The van der Waals surface area contributed by atoms with Crippen molar-refractivity contribution in [1.29, 1.82) is 0 Å². The molecule has 0 spiro atoms. The molecule has 0 saturated heterocycles. The Morgan fingerprint density at radius 2 is 1.62 bits per heavy atom. The standard InChI is InChI=1S/C20H24N2O4/c1-3-25-17-9-4-5-10-18(17)26-14-19(23)21-11-12-22-20(24)16-8-6-7-15(2)13-16/h4-10,13H,3,11-12,14H2,1-2H3,(H,21,23)(H,22,24). The van der Waals surface area contributed by atoms with Crippen molar-refractivity contribution in [3.05, 3.63) is 59.7 Å². The van der Waals surface area contributed by atoms with Crippen LogP contribution in [0.5, 0.6) is 11.5 Å². The highest BCUT2D eigenvalue weighted by atomic mass is 16.5. The molecule has 138 valence electrons. The van der Waals surface area contributed by atoms with Gasteiger partial charge in [0.25, 0.3) is 11.8 Å². The zero-order valence-electron chi connectivity index (χ0n) is 15.1. The molecule has 26 heavy (non-hydrogen) atoms. The lowest BCUT2D eigenvalue weighted by Crippen LogP contribution is -2.36. The number of carbonyl (C=O) groups is 2. The van der Waals surface area contributed by atoms with Gasteiger partial charge in [0.1, 0.15) is 0 Å². The largest absolute Gasteiger partial charge is 0.490 e. The summed E-state index contributed by atoms with van der Waals surface area (Å²) < 4.78 is 10.9. The first-order valence-electron chi connectivity index (χ1n) is 8.56. The summed E-state index contributed by atoms with van der Waals surface area (Å²) in [7, 11) is 0. The zero-order valence-corrected chi connectivity index (χ0v) is 15.1. The molecule has 2 aromatic carbocycles. The van der Waals surface area contributed by atoms with Crippen molar-refractivity contribution < 1.29 is 19.1 Å². The van der Waals surface area contributed by atoms with Crippen LogP contribution in [0.15, 0.2) is 48.5 Å². The summed E-state index contributed by atoms with van der Waals surface area (Å²) in [6, 6.07) is 14.5. The van der Waals surface area contributed by atoms with Gasteiger partial charge in [0.2, 0.25) is 0 Å². The van der Waals surface area contributed by atoms with Gasteiger partial charge in [-0.1, -0.05) is 29.8 Å². The van der Waals surface area contributed by atoms with Crippen LogP contribution < -0.4 is 20.1 Å². The predicted molar refractivity (Wildman–Crippen MR) is 99.6 cm³/mol. The van der Waals surface area contributed by atoms with Gasteiger partial charge in [0.05, 0.1) is 6.61 Å². The number of ether oxygens (including phenoxy) is 2. The summed E-state index contributed by atoms with van der Waals surface area (Å²) in [6.45, 7) is 4.89. The van der Waals surface area contributed by atoms with Gasteiger partial charge in [-0.25, -0.2) is 0 Å². The Labute approximate surface area is 153 Å². The lowest BCUT2D eigenvalue weighted by atomic mass is 10.1. The summed E-state index contributed by atoms with van der Waals surface area (Å²) >= 11 is 0. The van der Waals surface area contributed by atoms with E-state index in [2.05, 4.69) is 10.6 Å². The van der Waals surface area contributed by atoms with Gasteiger partial charge in [0, 0.05) is 18.7 Å². The molecule has 0 bridgehead atoms. The molecule has 0 aliphatic rings. The van der Waals surface area contributed by atoms with Crippen LogP contribution in [0, 0.1) is 6.92 Å². The minimum atomic E-state index is -0.263. The zero-order chi connectivity index (χ0) is 18.8. The molecule has 0 aliphatic carbocycles. The molecule has 0 heterocycles. The minimum Gasteiger partial charge on any atom is -0.490 e. The highest BCUT2D eigenvalue weighted by Crippen LogP contribution is 2.26. The number of rotatable bonds is 9. The molecule has 2 aromatic rings. The van der Waals surface area contributed by atoms with E-state index in [-0.39, 0.29) is 18.4 Å². The van der Waals surface area contributed by atoms with E-state index in [1.165, 1.54) is 0 Å². The van der Waals surface area contributed by atoms with Crippen molar-refractivity contribution in [1.82, 2.24) is 10.6 Å². The number of para-hydroxylation sites is 2. The van der Waals surface area contributed by atoms with Gasteiger partial charge in [-0.2, -0.15) is 0 Å². The molecule has 6 heteroatoms. The highest BCUT2D eigenvalue weighted by molar-refractivity contribution is 5.94. The molecule has 2 amide bonds. The number of hydrogen-bond acceptors (Lipinski definition) is 4. The van der Waals surface area contributed by atoms with E-state index in [1.54, 1.807) is 18.2 Å². The van der Waals surface area contributed by atoms with Gasteiger partial charge in [0.15, 0.2) is 18.1 Å². The van der Waals surface area contributed by atoms with Crippen molar-refractivity contribution >= 4 is 11.8 Å². The third-order valence-corrected chi connectivity index (χ3v) is 3.52. The molecule has 0 atom stereocenters. The lowest BCUT2D eigenvalue weighted by Gasteiger charge is -2.12. The van der Waals surface area contributed by atoms with E-state index in [9.17, 15) is 9.59 Å². The van der Waals surface area contributed by atoms with E-state index in [0.29, 0.717) is 36.8 Å². The van der Waals surface area contributed by atoms with Crippen molar-refractivity contribution in [3.63, 3.8) is 0 Å². The van der Waals surface area contributed by atoms with E-state index in [4.69, 9.17) is 9.47 Å². The molecule has 0 fully saturated rings. The molecule has 6 nitrogen and oxygen atoms in total. The van der Waals surface area contributed by atoms with Crippen LogP contribution in [0.3, 0.4) is 0 Å². The van der Waals surface area contributed by atoms with Gasteiger partial charge in [-0.15, -0.1) is 0 Å². The average Bonchev–Trinajstić information content (AvgIpc) is 2.64. The fourth-order valence-corrected chi connectivity index (χ4v) is 2.30. The monoisotopic (exact) mass is 356 g/mol. The number of benzene rings is 2. The van der Waals surface area contributed by atoms with Crippen molar-refractivity contribution in [2.24, 2.45) is 0 Å². The number of aryl methyl sites for hydroxylation is 1. The van der Waals surface area contributed by atoms with Crippen molar-refractivity contribution in [2.75, 3.05) is 26.3 Å². The molecule has 0 unspecified atom stereocenters. The van der Waals surface area contributed by atoms with Crippen LogP contribution >= 0.6 is 0 Å². The first-order valence-corrected chi connectivity index (χ1v) is 8.56. The summed E-state index contributed by atoms with van der Waals surface area (Å²) in [5, 5.41) is 5.47. The molecule has 0 aliphatic heterocycles. The molecule has 0 saturated carbocycles. The maximum atomic E-state index is 12.0. The Bertz CT molecular complexity index is 746. The third kappa shape index (κ3) is 6.12. The summed E-state index contributed by atoms with van der Waals surface area (Å²) in [6.07, 6.45) is 0. The fourth-order valence-electron chi connectivity index (χ4n) is 2.30. The second-order valence-electron chi connectivity index (χ2n) is 5.64. The van der Waals surface area contributed by atoms with Crippen molar-refractivity contribution in [3.8, 4) is 11.5 Å². The first kappa shape index (κ1) is 19.3. The van der Waals surface area contributed by atoms with Crippen molar-refractivity contribution in [2.45, 2.75) is 13.8 Å². The number of amides is 2. The molecule has 2 rings (SSSR count). The van der Waals surface area contributed by atoms with E-state index < -0.39 is 0 Å². The van der Waals surface area contributed by atoms with Crippen LogP contribution in [-0.4, -0.2) is 38.1 Å². The maximum absolute atomic E-state index is 12.0. The van der Waals surface area contributed by atoms with Gasteiger partial charge < -0.3 is 20.1 Å². The Kier molecular flexibility index (Phi) is 7.49. The lowest BCUT2D eigenvalue weighted by molar-refractivity contribution is -0.123. The number of nitrogens with one attached hydrogen (secondary N) is 2. The molecular formula is C20H24N2O4. The molecule has 2 N–H and O–H groups in total. The third-order valence-electron chi connectivity index (χ3n) is 3.52. The Balaban J connectivity index is 1.69. The van der Waals surface area contributed by atoms with Gasteiger partial charge >= 0.3 is 0 Å². The smallest absolute Gasteiger partial charge is 0.258 e. The Morgan fingerprint density at radius 1 is 0.923 bits per heavy atom. The van der Waals surface area contributed by atoms with E-state index in [0.717, 1.165) is 5.56 Å². The maximum Gasteiger partial charge on any atom is 0.258 e. The second kappa shape index (κ2) is 10.1. The second-order valence-corrected chi connectivity index (χ2v) is 5.64. The van der Waals surface area contributed by atoms with E-state index >= 15 is 0 Å². The minimum absolute atomic E-state index is 0.115. The summed E-state index contributed by atoms with van der Waals surface area (Å²) in [5.74, 6) is 0.705. The average molecular weight is 356 g/mol. The van der Waals surface area contributed by atoms with Crippen LogP contribution in [0.2, 0.25) is 0 Å². The van der Waals surface area contributed by atoms with E-state index in [1.807, 2.05) is 44.2 Å². The van der Waals surface area contributed by atoms with Gasteiger partial charge in [-0.05, 0) is 38.1 Å². The normalized spacial score (nSPS) is 10.1. The fraction of sp³-hybridized carbons (Fsp3) is 0.300. The summed E-state index contributed by atoms with van der Waals surface area (Å²) in [4.78, 5) is 23.8. The van der Waals surface area contributed by atoms with Gasteiger partial charge in [-0.3, -0.25) is 9.59 Å². The Morgan fingerprint density at radius 3 is 2.31 bits per heavy atom. The van der Waals surface area contributed by atoms with Crippen LogP contribution in [0.4, 0.5) is 0 Å². The highest BCUT2D eigenvalue weighted by Gasteiger charge is 2.08. The van der Waals surface area contributed by atoms with Crippen LogP contribution in [-0.2, 0) is 4.79 Å². The van der Waals surface area contributed by atoms with Crippen LogP contribution in [0.1, 0.15) is 22.8 Å². The Hall–Kier alpha value is -3.02. The molecule has 0 radical (unpaired) electrons. The predicted octanol–water partition coefficient (Wildman–Crippen LogP) is 2.32. The van der Waals surface area contributed by atoms with Crippen LogP contribution in [0.25, 0.3) is 0 Å². The molecule has 0 aromatic heterocycles. The summed E-state index contributed by atoms with van der Waals surface area (Å²) in [5.41, 5.74) is 1.63. The number of carbonyl (C=O) groups excluding carboxylic acids is 2. The topological polar surface area (TPSA) is 76.7 Å². The SMILES string of the molecule is CCOc1ccccc1OCC(=O)NCCNC(=O)c1cccc(C)c1. The number of hydrogen-bond donors (Lipinski definition) is 2.